The van der Waals surface area contributed by atoms with Gasteiger partial charge in [-0.25, -0.2) is 4.98 Å². The van der Waals surface area contributed by atoms with E-state index in [0.29, 0.717) is 15.1 Å². The van der Waals surface area contributed by atoms with E-state index in [1.807, 2.05) is 30.3 Å². The molecule has 0 aliphatic carbocycles. The molecule has 0 radical (unpaired) electrons. The van der Waals surface area contributed by atoms with Crippen molar-refractivity contribution in [1.29, 1.82) is 0 Å². The molecule has 4 rings (SSSR count). The van der Waals surface area contributed by atoms with Crippen molar-refractivity contribution < 1.29 is 4.92 Å². The molecule has 4 aromatic rings. The zero-order chi connectivity index (χ0) is 15.8. The third kappa shape index (κ3) is 2.49. The van der Waals surface area contributed by atoms with Crippen molar-refractivity contribution in [2.24, 2.45) is 0 Å². The molecule has 0 fully saturated rings. The Balaban J connectivity index is 1.69. The van der Waals surface area contributed by atoms with Gasteiger partial charge in [-0.2, -0.15) is 9.38 Å². The Labute approximate surface area is 138 Å². The molecule has 0 bridgehead atoms. The van der Waals surface area contributed by atoms with Gasteiger partial charge in [0, 0.05) is 5.38 Å². The molecule has 114 valence electrons. The molecule has 0 saturated heterocycles. The summed E-state index contributed by atoms with van der Waals surface area (Å²) in [6.45, 7) is 0. The average molecular weight is 343 g/mol. The predicted molar refractivity (Wildman–Crippen MR) is 87.9 cm³/mol. The number of thiazole rings is 1. The molecular formula is C14H9N5O2S2. The second-order valence-electron chi connectivity index (χ2n) is 4.62. The summed E-state index contributed by atoms with van der Waals surface area (Å²) in [4.78, 5) is 23.2. The summed E-state index contributed by atoms with van der Waals surface area (Å²) in [6.07, 6.45) is 3.36. The van der Waals surface area contributed by atoms with Crippen LogP contribution in [0.3, 0.4) is 0 Å². The molecule has 0 saturated carbocycles. The summed E-state index contributed by atoms with van der Waals surface area (Å²) in [7, 11) is 0. The molecule has 0 spiro atoms. The molecule has 3 aromatic heterocycles. The van der Waals surface area contributed by atoms with Crippen molar-refractivity contribution in [2.75, 3.05) is 0 Å². The molecular weight excluding hydrogens is 334 g/mol. The highest BCUT2D eigenvalue weighted by Crippen LogP contribution is 2.35. The SMILES string of the molecule is O=[N+]([O-])c1c(Sc2ncc(-c3ccccc3)[nH]2)nc2sccn12. The minimum Gasteiger partial charge on any atom is -0.358 e. The molecule has 0 aliphatic rings. The maximum atomic E-state index is 11.3. The molecule has 3 heterocycles. The molecule has 23 heavy (non-hydrogen) atoms. The van der Waals surface area contributed by atoms with Crippen molar-refractivity contribution in [3.05, 3.63) is 58.2 Å². The van der Waals surface area contributed by atoms with Gasteiger partial charge in [0.15, 0.2) is 5.16 Å². The van der Waals surface area contributed by atoms with E-state index in [-0.39, 0.29) is 5.82 Å². The van der Waals surface area contributed by atoms with Gasteiger partial charge in [-0.1, -0.05) is 41.7 Å². The fraction of sp³-hybridized carbons (Fsp3) is 0. The topological polar surface area (TPSA) is 89.1 Å². The van der Waals surface area contributed by atoms with Crippen LogP contribution in [0.25, 0.3) is 16.2 Å². The zero-order valence-corrected chi connectivity index (χ0v) is 13.2. The van der Waals surface area contributed by atoms with Crippen LogP contribution in [-0.2, 0) is 0 Å². The van der Waals surface area contributed by atoms with Gasteiger partial charge < -0.3 is 15.1 Å². The fourth-order valence-corrected chi connectivity index (χ4v) is 3.81. The quantitative estimate of drug-likeness (QED) is 0.449. The molecule has 1 aromatic carbocycles. The number of hydrogen-bond acceptors (Lipinski definition) is 6. The van der Waals surface area contributed by atoms with Crippen molar-refractivity contribution in [1.82, 2.24) is 19.4 Å². The molecule has 0 amide bonds. The third-order valence-corrected chi connectivity index (χ3v) is 4.83. The van der Waals surface area contributed by atoms with Crippen LogP contribution in [0.5, 0.6) is 0 Å². The number of rotatable bonds is 4. The van der Waals surface area contributed by atoms with Gasteiger partial charge in [0.05, 0.1) is 11.9 Å². The first kappa shape index (κ1) is 14.0. The van der Waals surface area contributed by atoms with E-state index in [4.69, 9.17) is 0 Å². The van der Waals surface area contributed by atoms with E-state index in [1.165, 1.54) is 15.7 Å². The van der Waals surface area contributed by atoms with Gasteiger partial charge >= 0.3 is 5.82 Å². The summed E-state index contributed by atoms with van der Waals surface area (Å²) >= 11 is 2.51. The number of benzene rings is 1. The second-order valence-corrected chi connectivity index (χ2v) is 6.47. The summed E-state index contributed by atoms with van der Waals surface area (Å²) < 4.78 is 1.48. The van der Waals surface area contributed by atoms with Gasteiger partial charge in [-0.3, -0.25) is 0 Å². The first-order valence-electron chi connectivity index (χ1n) is 6.60. The number of nitro groups is 1. The lowest BCUT2D eigenvalue weighted by atomic mass is 10.2. The minimum atomic E-state index is -0.421. The Morgan fingerprint density at radius 1 is 1.30 bits per heavy atom. The van der Waals surface area contributed by atoms with Crippen LogP contribution < -0.4 is 0 Å². The van der Waals surface area contributed by atoms with Crippen LogP contribution in [0.15, 0.2) is 58.3 Å². The molecule has 0 aliphatic heterocycles. The number of nitrogens with zero attached hydrogens (tertiary/aromatic N) is 4. The van der Waals surface area contributed by atoms with Crippen LogP contribution >= 0.6 is 23.1 Å². The van der Waals surface area contributed by atoms with Crippen molar-refractivity contribution in [2.45, 2.75) is 10.2 Å². The van der Waals surface area contributed by atoms with Crippen LogP contribution in [0, 0.1) is 10.1 Å². The van der Waals surface area contributed by atoms with E-state index >= 15 is 0 Å². The van der Waals surface area contributed by atoms with Crippen LogP contribution in [0.1, 0.15) is 0 Å². The number of aromatic nitrogens is 4. The first-order chi connectivity index (χ1) is 11.2. The Morgan fingerprint density at radius 2 is 2.13 bits per heavy atom. The highest BCUT2D eigenvalue weighted by atomic mass is 32.2. The highest BCUT2D eigenvalue weighted by Gasteiger charge is 2.25. The molecule has 7 nitrogen and oxygen atoms in total. The maximum absolute atomic E-state index is 11.3. The van der Waals surface area contributed by atoms with E-state index in [1.54, 1.807) is 17.8 Å². The smallest absolute Gasteiger partial charge is 0.358 e. The summed E-state index contributed by atoms with van der Waals surface area (Å²) in [5, 5.41) is 14.0. The Hall–Kier alpha value is -2.65. The third-order valence-electron chi connectivity index (χ3n) is 3.21. The second kappa shape index (κ2) is 5.52. The molecule has 9 heteroatoms. The normalized spacial score (nSPS) is 11.1. The van der Waals surface area contributed by atoms with E-state index in [2.05, 4.69) is 15.0 Å². The Bertz CT molecular complexity index is 989. The van der Waals surface area contributed by atoms with Crippen molar-refractivity contribution >= 4 is 33.9 Å². The lowest BCUT2D eigenvalue weighted by Crippen LogP contribution is -1.93. The maximum Gasteiger partial charge on any atom is 0.363 e. The Kier molecular flexibility index (Phi) is 3.36. The van der Waals surface area contributed by atoms with Gasteiger partial charge in [0.1, 0.15) is 6.20 Å². The van der Waals surface area contributed by atoms with Crippen LogP contribution in [0.2, 0.25) is 0 Å². The number of H-pyrrole nitrogens is 1. The summed E-state index contributed by atoms with van der Waals surface area (Å²) in [6, 6.07) is 9.76. The number of imidazole rings is 2. The molecule has 1 N–H and O–H groups in total. The summed E-state index contributed by atoms with van der Waals surface area (Å²) in [5.41, 5.74) is 1.86. The number of aromatic amines is 1. The number of hydrogen-bond donors (Lipinski definition) is 1. The van der Waals surface area contributed by atoms with Gasteiger partial charge in [-0.05, 0) is 22.2 Å². The Morgan fingerprint density at radius 3 is 2.91 bits per heavy atom. The largest absolute Gasteiger partial charge is 0.363 e. The standard InChI is InChI=1S/C14H9N5O2S2/c20-19(21)12-11(17-14-18(12)6-7-22-14)23-13-15-8-10(16-13)9-4-2-1-3-5-9/h1-8H,(H,15,16). The average Bonchev–Trinajstić information content (AvgIpc) is 3.23. The number of nitrogens with one attached hydrogen (secondary N) is 1. The van der Waals surface area contributed by atoms with E-state index < -0.39 is 4.92 Å². The molecule has 0 unspecified atom stereocenters. The molecule has 0 atom stereocenters. The minimum absolute atomic E-state index is 0.0380. The van der Waals surface area contributed by atoms with Crippen LogP contribution in [0.4, 0.5) is 5.82 Å². The van der Waals surface area contributed by atoms with E-state index in [0.717, 1.165) is 23.0 Å². The zero-order valence-electron chi connectivity index (χ0n) is 11.5. The number of fused-ring (bicyclic) bond motifs is 1. The van der Waals surface area contributed by atoms with Crippen molar-refractivity contribution in [3.8, 4) is 11.3 Å². The highest BCUT2D eigenvalue weighted by molar-refractivity contribution is 7.99. The fourth-order valence-electron chi connectivity index (χ4n) is 2.20. The lowest BCUT2D eigenvalue weighted by Gasteiger charge is -1.97. The predicted octanol–water partition coefficient (Wildman–Crippen LogP) is 3.85. The first-order valence-corrected chi connectivity index (χ1v) is 8.30. The van der Waals surface area contributed by atoms with Gasteiger partial charge in [-0.15, -0.1) is 0 Å². The lowest BCUT2D eigenvalue weighted by molar-refractivity contribution is -0.393. The van der Waals surface area contributed by atoms with Crippen molar-refractivity contribution in [3.63, 3.8) is 0 Å². The van der Waals surface area contributed by atoms with Gasteiger partial charge in [0.25, 0.3) is 4.96 Å². The van der Waals surface area contributed by atoms with E-state index in [9.17, 15) is 10.1 Å². The monoisotopic (exact) mass is 343 g/mol. The summed E-state index contributed by atoms with van der Waals surface area (Å²) in [5.74, 6) is -0.0380. The van der Waals surface area contributed by atoms with Gasteiger partial charge in [0.2, 0.25) is 5.03 Å². The van der Waals surface area contributed by atoms with Crippen LogP contribution in [-0.4, -0.2) is 24.3 Å².